The Bertz CT molecular complexity index is 577. The highest BCUT2D eigenvalue weighted by Gasteiger charge is 1.98. The third kappa shape index (κ3) is 4.57. The van der Waals surface area contributed by atoms with E-state index < -0.39 is 0 Å². The zero-order valence-electron chi connectivity index (χ0n) is 11.2. The molecule has 0 radical (unpaired) electrons. The van der Waals surface area contributed by atoms with E-state index in [9.17, 15) is 4.79 Å². The first-order chi connectivity index (χ1) is 9.74. The maximum absolute atomic E-state index is 11.6. The number of carbonyl (C=O) groups is 1. The topological polar surface area (TPSA) is 50.7 Å². The highest BCUT2D eigenvalue weighted by Crippen LogP contribution is 2.07. The molecule has 0 saturated carbocycles. The van der Waals surface area contributed by atoms with Crippen LogP contribution in [0.3, 0.4) is 0 Å². The van der Waals surface area contributed by atoms with Gasteiger partial charge >= 0.3 is 0 Å². The summed E-state index contributed by atoms with van der Waals surface area (Å²) in [7, 11) is 0. The van der Waals surface area contributed by atoms with Crippen molar-refractivity contribution >= 4 is 17.8 Å². The van der Waals surface area contributed by atoms with Gasteiger partial charge in [-0.1, -0.05) is 53.2 Å². The number of amides is 1. The fourth-order valence-electron chi connectivity index (χ4n) is 1.58. The number of hydrogen-bond donors (Lipinski definition) is 1. The smallest absolute Gasteiger partial charge is 0.270 e. The largest absolute Gasteiger partial charge is 0.391 e. The van der Waals surface area contributed by atoms with E-state index in [2.05, 4.69) is 10.5 Å². The summed E-state index contributed by atoms with van der Waals surface area (Å²) in [6.45, 7) is 2.33. The van der Waals surface area contributed by atoms with E-state index in [1.807, 2.05) is 61.5 Å². The normalized spacial score (nSPS) is 10.4. The molecule has 102 valence electrons. The molecule has 4 nitrogen and oxygen atoms in total. The Morgan fingerprint density at radius 1 is 1.15 bits per heavy atom. The number of hydrogen-bond acceptors (Lipinski definition) is 3. The molecule has 0 heterocycles. The van der Waals surface area contributed by atoms with E-state index in [4.69, 9.17) is 4.84 Å². The van der Waals surface area contributed by atoms with E-state index in [1.165, 1.54) is 0 Å². The van der Waals surface area contributed by atoms with Crippen molar-refractivity contribution in [1.82, 2.24) is 0 Å². The van der Waals surface area contributed by atoms with Gasteiger partial charge in [-0.25, -0.2) is 0 Å². The van der Waals surface area contributed by atoms with Gasteiger partial charge in [0.05, 0.1) is 0 Å². The van der Waals surface area contributed by atoms with Crippen LogP contribution in [0, 0.1) is 6.92 Å². The van der Waals surface area contributed by atoms with Crippen molar-refractivity contribution in [3.63, 3.8) is 0 Å². The summed E-state index contributed by atoms with van der Waals surface area (Å²) in [6.07, 6.45) is 1.13. The molecule has 4 heteroatoms. The highest BCUT2D eigenvalue weighted by molar-refractivity contribution is 6.31. The predicted molar refractivity (Wildman–Crippen MR) is 79.5 cm³/mol. The molecule has 0 bridgehead atoms. The minimum atomic E-state index is -0.318. The lowest BCUT2D eigenvalue weighted by Crippen LogP contribution is -2.12. The molecular weight excluding hydrogens is 252 g/mol. The van der Waals surface area contributed by atoms with Gasteiger partial charge in [0.1, 0.15) is 12.8 Å². The fraction of sp³-hybridized carbons (Fsp3) is 0.125. The molecule has 0 aliphatic rings. The van der Waals surface area contributed by atoms with E-state index in [-0.39, 0.29) is 5.91 Å². The van der Waals surface area contributed by atoms with Gasteiger partial charge in [-0.15, -0.1) is 0 Å². The second-order valence-corrected chi connectivity index (χ2v) is 4.35. The van der Waals surface area contributed by atoms with Crippen molar-refractivity contribution in [1.29, 1.82) is 0 Å². The van der Waals surface area contributed by atoms with Crippen LogP contribution in [-0.2, 0) is 16.2 Å². The van der Waals surface area contributed by atoms with Gasteiger partial charge in [0.2, 0.25) is 0 Å². The summed E-state index contributed by atoms with van der Waals surface area (Å²) in [5, 5.41) is 6.34. The maximum atomic E-state index is 11.6. The Kier molecular flexibility index (Phi) is 4.89. The van der Waals surface area contributed by atoms with E-state index in [0.717, 1.165) is 23.0 Å². The van der Waals surface area contributed by atoms with Crippen LogP contribution in [0.25, 0.3) is 0 Å². The SMILES string of the molecule is Cc1ccc(NC(=O)/C=N/OCc2ccccc2)cc1. The Hall–Kier alpha value is -2.62. The quantitative estimate of drug-likeness (QED) is 0.669. The predicted octanol–water partition coefficient (Wildman–Crippen LogP) is 3.14. The zero-order valence-corrected chi connectivity index (χ0v) is 11.2. The van der Waals surface area contributed by atoms with Gasteiger partial charge < -0.3 is 10.2 Å². The number of carbonyl (C=O) groups excluding carboxylic acids is 1. The van der Waals surface area contributed by atoms with E-state index in [1.54, 1.807) is 0 Å². The van der Waals surface area contributed by atoms with Gasteiger partial charge in [-0.2, -0.15) is 0 Å². The summed E-state index contributed by atoms with van der Waals surface area (Å²) in [5.74, 6) is -0.318. The van der Waals surface area contributed by atoms with Crippen molar-refractivity contribution in [3.05, 3.63) is 65.7 Å². The van der Waals surface area contributed by atoms with Gasteiger partial charge in [-0.05, 0) is 24.6 Å². The van der Waals surface area contributed by atoms with Crippen molar-refractivity contribution in [2.75, 3.05) is 5.32 Å². The zero-order chi connectivity index (χ0) is 14.2. The Labute approximate surface area is 118 Å². The van der Waals surface area contributed by atoms with Crippen LogP contribution in [0.5, 0.6) is 0 Å². The molecule has 0 aliphatic heterocycles. The van der Waals surface area contributed by atoms with Gasteiger partial charge in [0, 0.05) is 5.69 Å². The second-order valence-electron chi connectivity index (χ2n) is 4.35. The van der Waals surface area contributed by atoms with Crippen molar-refractivity contribution in [3.8, 4) is 0 Å². The van der Waals surface area contributed by atoms with E-state index >= 15 is 0 Å². The number of rotatable bonds is 5. The first kappa shape index (κ1) is 13.8. The lowest BCUT2D eigenvalue weighted by Gasteiger charge is -2.02. The summed E-state index contributed by atoms with van der Waals surface area (Å²) < 4.78 is 0. The van der Waals surface area contributed by atoms with Crippen LogP contribution in [-0.4, -0.2) is 12.1 Å². The third-order valence-electron chi connectivity index (χ3n) is 2.64. The average molecular weight is 268 g/mol. The summed E-state index contributed by atoms with van der Waals surface area (Å²) >= 11 is 0. The molecule has 0 atom stereocenters. The summed E-state index contributed by atoms with van der Waals surface area (Å²) in [4.78, 5) is 16.6. The highest BCUT2D eigenvalue weighted by atomic mass is 16.6. The van der Waals surface area contributed by atoms with Gasteiger partial charge in [-0.3, -0.25) is 4.79 Å². The molecular formula is C16H16N2O2. The van der Waals surface area contributed by atoms with Crippen LogP contribution in [0.1, 0.15) is 11.1 Å². The third-order valence-corrected chi connectivity index (χ3v) is 2.64. The van der Waals surface area contributed by atoms with E-state index in [0.29, 0.717) is 6.61 Å². The first-order valence-corrected chi connectivity index (χ1v) is 6.31. The molecule has 0 unspecified atom stereocenters. The molecule has 0 aliphatic carbocycles. The summed E-state index contributed by atoms with van der Waals surface area (Å²) in [5.41, 5.74) is 2.88. The number of oxime groups is 1. The molecule has 0 spiro atoms. The number of benzene rings is 2. The van der Waals surface area contributed by atoms with Crippen LogP contribution < -0.4 is 5.32 Å². The molecule has 0 saturated heterocycles. The fourth-order valence-corrected chi connectivity index (χ4v) is 1.58. The van der Waals surface area contributed by atoms with Crippen molar-refractivity contribution in [2.24, 2.45) is 5.16 Å². The maximum Gasteiger partial charge on any atom is 0.270 e. The molecule has 1 amide bonds. The molecule has 0 aromatic heterocycles. The first-order valence-electron chi connectivity index (χ1n) is 6.31. The minimum absolute atomic E-state index is 0.318. The number of aryl methyl sites for hydroxylation is 1. The molecule has 2 aromatic carbocycles. The number of nitrogens with one attached hydrogen (secondary N) is 1. The molecule has 2 rings (SSSR count). The van der Waals surface area contributed by atoms with Crippen molar-refractivity contribution < 1.29 is 9.63 Å². The molecule has 20 heavy (non-hydrogen) atoms. The average Bonchev–Trinajstić information content (AvgIpc) is 2.47. The standard InChI is InChI=1S/C16H16N2O2/c1-13-7-9-15(10-8-13)18-16(19)11-17-20-12-14-5-3-2-4-6-14/h2-11H,12H2,1H3,(H,18,19)/b17-11+. The molecule has 0 fully saturated rings. The lowest BCUT2D eigenvalue weighted by atomic mass is 10.2. The van der Waals surface area contributed by atoms with Crippen LogP contribution in [0.2, 0.25) is 0 Å². The molecule has 2 aromatic rings. The Morgan fingerprint density at radius 3 is 2.55 bits per heavy atom. The lowest BCUT2D eigenvalue weighted by molar-refractivity contribution is -0.110. The monoisotopic (exact) mass is 268 g/mol. The van der Waals surface area contributed by atoms with Gasteiger partial charge in [0.25, 0.3) is 5.91 Å². The Balaban J connectivity index is 1.76. The van der Waals surface area contributed by atoms with Crippen LogP contribution in [0.4, 0.5) is 5.69 Å². The number of nitrogens with zero attached hydrogens (tertiary/aromatic N) is 1. The minimum Gasteiger partial charge on any atom is -0.391 e. The van der Waals surface area contributed by atoms with Crippen LogP contribution in [0.15, 0.2) is 59.8 Å². The van der Waals surface area contributed by atoms with Gasteiger partial charge in [0.15, 0.2) is 0 Å². The summed E-state index contributed by atoms with van der Waals surface area (Å²) in [6, 6.07) is 17.2. The number of anilines is 1. The Morgan fingerprint density at radius 2 is 1.85 bits per heavy atom. The molecule has 1 N–H and O–H groups in total. The van der Waals surface area contributed by atoms with Crippen LogP contribution >= 0.6 is 0 Å². The second kappa shape index (κ2) is 7.09. The van der Waals surface area contributed by atoms with Crippen molar-refractivity contribution in [2.45, 2.75) is 13.5 Å².